The normalized spacial score (nSPS) is 22.7. The first-order valence-corrected chi connectivity index (χ1v) is 7.44. The quantitative estimate of drug-likeness (QED) is 0.828. The molecule has 0 radical (unpaired) electrons. The van der Waals surface area contributed by atoms with Crippen molar-refractivity contribution < 1.29 is 9.90 Å². The van der Waals surface area contributed by atoms with E-state index >= 15 is 0 Å². The lowest BCUT2D eigenvalue weighted by atomic mass is 10.0. The number of nitrogens with zero attached hydrogens (tertiary/aromatic N) is 2. The Morgan fingerprint density at radius 1 is 1.14 bits per heavy atom. The summed E-state index contributed by atoms with van der Waals surface area (Å²) in [5.74, 6) is -0.188. The van der Waals surface area contributed by atoms with Crippen molar-refractivity contribution >= 4 is 16.9 Å². The van der Waals surface area contributed by atoms with Crippen molar-refractivity contribution in [1.82, 2.24) is 15.3 Å². The topological polar surface area (TPSA) is 75.1 Å². The molecule has 0 aliphatic heterocycles. The first-order chi connectivity index (χ1) is 10.3. The highest BCUT2D eigenvalue weighted by Gasteiger charge is 2.24. The Hall–Kier alpha value is -2.01. The standard InChI is InChI=1S/C16H19N3O2/c20-14-8-3-1-2-6-12(14)19-16(21)11-5-4-7-13-15(11)18-10-9-17-13/h4-5,7,9-10,12,14,20H,1-3,6,8H2,(H,19,21). The van der Waals surface area contributed by atoms with Crippen LogP contribution in [0.2, 0.25) is 0 Å². The minimum atomic E-state index is -0.461. The SMILES string of the molecule is O=C(NC1CCCCCC1O)c1cccc2nccnc12. The summed E-state index contributed by atoms with van der Waals surface area (Å²) in [6.07, 6.45) is 7.48. The molecule has 21 heavy (non-hydrogen) atoms. The molecular weight excluding hydrogens is 266 g/mol. The molecule has 1 amide bonds. The van der Waals surface area contributed by atoms with Gasteiger partial charge >= 0.3 is 0 Å². The van der Waals surface area contributed by atoms with E-state index in [1.165, 1.54) is 0 Å². The average Bonchev–Trinajstić information content (AvgIpc) is 2.71. The first-order valence-electron chi connectivity index (χ1n) is 7.44. The van der Waals surface area contributed by atoms with Gasteiger partial charge in [-0.2, -0.15) is 0 Å². The Labute approximate surface area is 123 Å². The molecule has 1 aliphatic carbocycles. The van der Waals surface area contributed by atoms with Gasteiger partial charge in [0.2, 0.25) is 0 Å². The lowest BCUT2D eigenvalue weighted by molar-refractivity contribution is 0.0820. The molecule has 0 spiro atoms. The molecule has 1 fully saturated rings. The number of hydrogen-bond donors (Lipinski definition) is 2. The molecule has 5 nitrogen and oxygen atoms in total. The number of aliphatic hydroxyl groups excluding tert-OH is 1. The molecule has 0 bridgehead atoms. The smallest absolute Gasteiger partial charge is 0.253 e. The molecule has 3 rings (SSSR count). The van der Waals surface area contributed by atoms with Crippen molar-refractivity contribution in [2.75, 3.05) is 0 Å². The zero-order chi connectivity index (χ0) is 14.7. The Kier molecular flexibility index (Phi) is 4.10. The number of hydrogen-bond acceptors (Lipinski definition) is 4. The molecule has 1 aromatic carbocycles. The number of fused-ring (bicyclic) bond motifs is 1. The van der Waals surface area contributed by atoms with Crippen molar-refractivity contribution in [3.63, 3.8) is 0 Å². The van der Waals surface area contributed by atoms with E-state index in [1.54, 1.807) is 24.5 Å². The van der Waals surface area contributed by atoms with E-state index in [4.69, 9.17) is 0 Å². The van der Waals surface area contributed by atoms with Crippen LogP contribution in [0.1, 0.15) is 42.5 Å². The number of rotatable bonds is 2. The summed E-state index contributed by atoms with van der Waals surface area (Å²) in [7, 11) is 0. The number of aromatic nitrogens is 2. The maximum Gasteiger partial charge on any atom is 0.253 e. The Morgan fingerprint density at radius 3 is 2.86 bits per heavy atom. The van der Waals surface area contributed by atoms with Gasteiger partial charge in [0.15, 0.2) is 0 Å². The van der Waals surface area contributed by atoms with Gasteiger partial charge in [0.25, 0.3) is 5.91 Å². The molecule has 2 atom stereocenters. The van der Waals surface area contributed by atoms with Gasteiger partial charge in [-0.15, -0.1) is 0 Å². The van der Waals surface area contributed by atoms with Crippen LogP contribution in [0.5, 0.6) is 0 Å². The average molecular weight is 285 g/mol. The minimum Gasteiger partial charge on any atom is -0.391 e. The molecule has 1 aliphatic rings. The van der Waals surface area contributed by atoms with E-state index in [9.17, 15) is 9.90 Å². The van der Waals surface area contributed by atoms with Crippen LogP contribution in [-0.2, 0) is 0 Å². The monoisotopic (exact) mass is 285 g/mol. The van der Waals surface area contributed by atoms with E-state index in [0.717, 1.165) is 32.1 Å². The van der Waals surface area contributed by atoms with Crippen LogP contribution >= 0.6 is 0 Å². The fourth-order valence-electron chi connectivity index (χ4n) is 2.88. The fraction of sp³-hybridized carbons (Fsp3) is 0.438. The third-order valence-corrected chi connectivity index (χ3v) is 4.04. The van der Waals surface area contributed by atoms with Gasteiger partial charge in [-0.25, -0.2) is 0 Å². The van der Waals surface area contributed by atoms with Gasteiger partial charge in [-0.05, 0) is 25.0 Å². The predicted octanol–water partition coefficient (Wildman–Crippen LogP) is 2.05. The number of benzene rings is 1. The van der Waals surface area contributed by atoms with Crippen LogP contribution < -0.4 is 5.32 Å². The molecule has 2 unspecified atom stereocenters. The molecule has 2 N–H and O–H groups in total. The summed E-state index contributed by atoms with van der Waals surface area (Å²) in [6, 6.07) is 5.21. The molecule has 1 aromatic heterocycles. The molecule has 110 valence electrons. The Bertz CT molecular complexity index is 639. The van der Waals surface area contributed by atoms with Gasteiger partial charge in [0.05, 0.1) is 23.2 Å². The summed E-state index contributed by atoms with van der Waals surface area (Å²) >= 11 is 0. The van der Waals surface area contributed by atoms with E-state index in [-0.39, 0.29) is 11.9 Å². The summed E-state index contributed by atoms with van der Waals surface area (Å²) < 4.78 is 0. The van der Waals surface area contributed by atoms with Crippen molar-refractivity contribution in [3.8, 4) is 0 Å². The second-order valence-electron chi connectivity index (χ2n) is 5.51. The summed E-state index contributed by atoms with van der Waals surface area (Å²) in [6.45, 7) is 0. The van der Waals surface area contributed by atoms with Crippen molar-refractivity contribution in [1.29, 1.82) is 0 Å². The van der Waals surface area contributed by atoms with E-state index in [0.29, 0.717) is 16.6 Å². The number of amides is 1. The number of carbonyl (C=O) groups excluding carboxylic acids is 1. The number of aliphatic hydroxyl groups is 1. The number of carbonyl (C=O) groups is 1. The van der Waals surface area contributed by atoms with Crippen LogP contribution in [0.4, 0.5) is 0 Å². The van der Waals surface area contributed by atoms with Crippen LogP contribution in [0, 0.1) is 0 Å². The minimum absolute atomic E-state index is 0.174. The van der Waals surface area contributed by atoms with Crippen LogP contribution in [0.15, 0.2) is 30.6 Å². The van der Waals surface area contributed by atoms with Gasteiger partial charge in [-0.1, -0.05) is 25.3 Å². The lowest BCUT2D eigenvalue weighted by Gasteiger charge is -2.21. The molecule has 1 heterocycles. The highest BCUT2D eigenvalue weighted by atomic mass is 16.3. The second kappa shape index (κ2) is 6.18. The zero-order valence-corrected chi connectivity index (χ0v) is 11.8. The summed E-state index contributed by atoms with van der Waals surface area (Å²) in [5, 5.41) is 13.1. The second-order valence-corrected chi connectivity index (χ2v) is 5.51. The van der Waals surface area contributed by atoms with Gasteiger partial charge < -0.3 is 10.4 Å². The Morgan fingerprint density at radius 2 is 1.95 bits per heavy atom. The number of para-hydroxylation sites is 1. The molecule has 5 heteroatoms. The predicted molar refractivity (Wildman–Crippen MR) is 79.9 cm³/mol. The maximum atomic E-state index is 12.5. The third kappa shape index (κ3) is 3.03. The molecule has 2 aromatic rings. The zero-order valence-electron chi connectivity index (χ0n) is 11.8. The highest BCUT2D eigenvalue weighted by molar-refractivity contribution is 6.04. The molecule has 0 saturated heterocycles. The summed E-state index contributed by atoms with van der Waals surface area (Å²) in [5.41, 5.74) is 1.81. The fourth-order valence-corrected chi connectivity index (χ4v) is 2.88. The molecular formula is C16H19N3O2. The van der Waals surface area contributed by atoms with Gasteiger partial charge in [0, 0.05) is 12.4 Å². The van der Waals surface area contributed by atoms with Crippen LogP contribution in [-0.4, -0.2) is 33.1 Å². The highest BCUT2D eigenvalue weighted by Crippen LogP contribution is 2.19. The van der Waals surface area contributed by atoms with Crippen LogP contribution in [0.3, 0.4) is 0 Å². The summed E-state index contributed by atoms with van der Waals surface area (Å²) in [4.78, 5) is 21.0. The van der Waals surface area contributed by atoms with E-state index in [2.05, 4.69) is 15.3 Å². The van der Waals surface area contributed by atoms with Crippen molar-refractivity contribution in [3.05, 3.63) is 36.2 Å². The van der Waals surface area contributed by atoms with E-state index in [1.807, 2.05) is 6.07 Å². The van der Waals surface area contributed by atoms with Gasteiger partial charge in [-0.3, -0.25) is 14.8 Å². The molecule has 1 saturated carbocycles. The van der Waals surface area contributed by atoms with Crippen molar-refractivity contribution in [2.24, 2.45) is 0 Å². The maximum absolute atomic E-state index is 12.5. The Balaban J connectivity index is 1.83. The van der Waals surface area contributed by atoms with Crippen molar-refractivity contribution in [2.45, 2.75) is 44.2 Å². The number of nitrogens with one attached hydrogen (secondary N) is 1. The third-order valence-electron chi connectivity index (χ3n) is 4.04. The van der Waals surface area contributed by atoms with Gasteiger partial charge in [0.1, 0.15) is 5.52 Å². The lowest BCUT2D eigenvalue weighted by Crippen LogP contribution is -2.42. The largest absolute Gasteiger partial charge is 0.391 e. The van der Waals surface area contributed by atoms with Crippen LogP contribution in [0.25, 0.3) is 11.0 Å². The van der Waals surface area contributed by atoms with E-state index < -0.39 is 6.10 Å². The first kappa shape index (κ1) is 13.9.